The van der Waals surface area contributed by atoms with Crippen LogP contribution in [0.5, 0.6) is 0 Å². The summed E-state index contributed by atoms with van der Waals surface area (Å²) in [6, 6.07) is 4.95. The smallest absolute Gasteiger partial charge is 0.282 e. The quantitative estimate of drug-likeness (QED) is 0.923. The van der Waals surface area contributed by atoms with E-state index in [2.05, 4.69) is 15.4 Å². The van der Waals surface area contributed by atoms with Crippen LogP contribution in [0.4, 0.5) is 5.69 Å². The molecular weight excluding hydrogens is 304 g/mol. The van der Waals surface area contributed by atoms with Gasteiger partial charge in [-0.15, -0.1) is 0 Å². The number of hydrogen-bond donors (Lipinski definition) is 1. The summed E-state index contributed by atoms with van der Waals surface area (Å²) in [7, 11) is -3.71. The highest BCUT2D eigenvalue weighted by molar-refractivity contribution is 7.93. The van der Waals surface area contributed by atoms with Gasteiger partial charge in [-0.2, -0.15) is 17.6 Å². The van der Waals surface area contributed by atoms with Gasteiger partial charge in [0, 0.05) is 6.20 Å². The van der Waals surface area contributed by atoms with Crippen LogP contribution in [0, 0.1) is 0 Å². The van der Waals surface area contributed by atoms with Crippen molar-refractivity contribution in [1.82, 2.24) is 14.2 Å². The van der Waals surface area contributed by atoms with E-state index in [9.17, 15) is 13.2 Å². The molecule has 0 saturated heterocycles. The second-order valence-corrected chi connectivity index (χ2v) is 6.32. The number of allylic oxidation sites excluding steroid dienone is 3. The molecule has 0 spiro atoms. The van der Waals surface area contributed by atoms with E-state index in [4.69, 9.17) is 0 Å². The van der Waals surface area contributed by atoms with E-state index in [1.54, 1.807) is 30.4 Å². The molecule has 2 aromatic rings. The standard InChI is InChI=1S/C14H12N4O3S/c19-14(13-7-3-4-8-15-13)17-11-9-16-18(10-11)22(20,21)12-5-1-2-6-12/h1,3-10H,2H2,(H,17,19). The number of nitrogens with zero attached hydrogens (tertiary/aromatic N) is 3. The number of pyridine rings is 1. The molecule has 0 atom stereocenters. The summed E-state index contributed by atoms with van der Waals surface area (Å²) in [5, 5.41) is 6.35. The fourth-order valence-electron chi connectivity index (χ4n) is 1.93. The Hall–Kier alpha value is -2.74. The average molecular weight is 316 g/mol. The maximum absolute atomic E-state index is 12.3. The van der Waals surface area contributed by atoms with Crippen molar-refractivity contribution in [3.05, 3.63) is 65.6 Å². The molecule has 22 heavy (non-hydrogen) atoms. The van der Waals surface area contributed by atoms with Crippen LogP contribution < -0.4 is 5.32 Å². The molecule has 0 aromatic carbocycles. The lowest BCUT2D eigenvalue weighted by Gasteiger charge is -2.03. The minimum atomic E-state index is -3.71. The number of hydrogen-bond acceptors (Lipinski definition) is 5. The molecule has 0 bridgehead atoms. The number of aromatic nitrogens is 3. The van der Waals surface area contributed by atoms with Crippen LogP contribution in [0.2, 0.25) is 0 Å². The number of rotatable bonds is 4. The molecule has 1 amide bonds. The van der Waals surface area contributed by atoms with Gasteiger partial charge in [-0.1, -0.05) is 18.2 Å². The minimum Gasteiger partial charge on any atom is -0.318 e. The van der Waals surface area contributed by atoms with Gasteiger partial charge in [0.25, 0.3) is 15.9 Å². The molecule has 0 fully saturated rings. The summed E-state index contributed by atoms with van der Waals surface area (Å²) in [4.78, 5) is 16.1. The molecule has 2 heterocycles. The van der Waals surface area contributed by atoms with Crippen LogP contribution in [0.15, 0.2) is 59.9 Å². The van der Waals surface area contributed by atoms with Crippen molar-refractivity contribution < 1.29 is 13.2 Å². The summed E-state index contributed by atoms with van der Waals surface area (Å²) in [6.45, 7) is 0. The summed E-state index contributed by atoms with van der Waals surface area (Å²) in [5.41, 5.74) is 0.515. The van der Waals surface area contributed by atoms with Gasteiger partial charge in [-0.3, -0.25) is 9.78 Å². The van der Waals surface area contributed by atoms with Gasteiger partial charge in [0.2, 0.25) is 0 Å². The van der Waals surface area contributed by atoms with Gasteiger partial charge in [-0.05, 0) is 24.6 Å². The fourth-order valence-corrected chi connectivity index (χ4v) is 3.14. The van der Waals surface area contributed by atoms with Crippen LogP contribution in [0.1, 0.15) is 16.9 Å². The monoisotopic (exact) mass is 316 g/mol. The molecule has 7 nitrogen and oxygen atoms in total. The largest absolute Gasteiger partial charge is 0.318 e. The predicted molar refractivity (Wildman–Crippen MR) is 80.6 cm³/mol. The van der Waals surface area contributed by atoms with Gasteiger partial charge in [0.1, 0.15) is 5.69 Å². The highest BCUT2D eigenvalue weighted by Crippen LogP contribution is 2.19. The molecular formula is C14H12N4O3S. The molecule has 0 aliphatic heterocycles. The zero-order valence-electron chi connectivity index (χ0n) is 11.4. The van der Waals surface area contributed by atoms with E-state index in [-0.39, 0.29) is 16.3 Å². The van der Waals surface area contributed by atoms with Gasteiger partial charge in [-0.25, -0.2) is 0 Å². The Morgan fingerprint density at radius 3 is 2.86 bits per heavy atom. The lowest BCUT2D eigenvalue weighted by molar-refractivity contribution is 0.102. The third-order valence-electron chi connectivity index (χ3n) is 3.00. The Labute approximate surface area is 127 Å². The minimum absolute atomic E-state index is 0.193. The Kier molecular flexibility index (Phi) is 3.60. The summed E-state index contributed by atoms with van der Waals surface area (Å²) in [5.74, 6) is -0.433. The molecule has 1 N–H and O–H groups in total. The summed E-state index contributed by atoms with van der Waals surface area (Å²) >= 11 is 0. The fraction of sp³-hybridized carbons (Fsp3) is 0.0714. The summed E-state index contributed by atoms with van der Waals surface area (Å²) < 4.78 is 25.4. The highest BCUT2D eigenvalue weighted by Gasteiger charge is 2.21. The Morgan fingerprint density at radius 1 is 1.32 bits per heavy atom. The number of amides is 1. The predicted octanol–water partition coefficient (Wildman–Crippen LogP) is 1.55. The average Bonchev–Trinajstić information content (AvgIpc) is 3.20. The Balaban J connectivity index is 1.80. The molecule has 1 aliphatic rings. The molecule has 2 aromatic heterocycles. The first kappa shape index (κ1) is 14.2. The molecule has 3 rings (SSSR count). The van der Waals surface area contributed by atoms with E-state index in [0.29, 0.717) is 6.42 Å². The van der Waals surface area contributed by atoms with E-state index in [0.717, 1.165) is 4.09 Å². The van der Waals surface area contributed by atoms with Crippen molar-refractivity contribution in [1.29, 1.82) is 0 Å². The first-order chi connectivity index (χ1) is 10.6. The van der Waals surface area contributed by atoms with E-state index >= 15 is 0 Å². The van der Waals surface area contributed by atoms with Gasteiger partial charge in [0.15, 0.2) is 0 Å². The molecule has 0 saturated carbocycles. The van der Waals surface area contributed by atoms with Crippen molar-refractivity contribution in [2.45, 2.75) is 6.42 Å². The van der Waals surface area contributed by atoms with Crippen LogP contribution in [0.25, 0.3) is 0 Å². The van der Waals surface area contributed by atoms with E-state index in [1.807, 2.05) is 0 Å². The first-order valence-corrected chi connectivity index (χ1v) is 7.91. The lowest BCUT2D eigenvalue weighted by atomic mass is 10.3. The zero-order valence-corrected chi connectivity index (χ0v) is 12.2. The molecule has 1 aliphatic carbocycles. The van der Waals surface area contributed by atoms with Crippen molar-refractivity contribution in [3.63, 3.8) is 0 Å². The zero-order chi connectivity index (χ0) is 15.6. The molecule has 112 valence electrons. The van der Waals surface area contributed by atoms with Crippen molar-refractivity contribution in [2.24, 2.45) is 0 Å². The lowest BCUT2D eigenvalue weighted by Crippen LogP contribution is -2.15. The van der Waals surface area contributed by atoms with Crippen molar-refractivity contribution in [2.75, 3.05) is 5.32 Å². The number of nitrogens with one attached hydrogen (secondary N) is 1. The maximum atomic E-state index is 12.3. The van der Waals surface area contributed by atoms with Crippen LogP contribution in [-0.4, -0.2) is 28.5 Å². The third kappa shape index (κ3) is 2.68. The number of carbonyl (C=O) groups excluding carboxylic acids is 1. The third-order valence-corrected chi connectivity index (χ3v) is 4.59. The van der Waals surface area contributed by atoms with Crippen molar-refractivity contribution in [3.8, 4) is 0 Å². The second-order valence-electron chi connectivity index (χ2n) is 4.52. The Bertz CT molecular complexity index is 867. The summed E-state index contributed by atoms with van der Waals surface area (Å²) in [6.07, 6.45) is 9.49. The first-order valence-electron chi connectivity index (χ1n) is 6.47. The number of anilines is 1. The van der Waals surface area contributed by atoms with Crippen LogP contribution in [0.3, 0.4) is 0 Å². The topological polar surface area (TPSA) is 94.0 Å². The SMILES string of the molecule is O=C(Nc1cnn(S(=O)(=O)C2=CCC=C2)c1)c1ccccn1. The van der Waals surface area contributed by atoms with Crippen LogP contribution in [-0.2, 0) is 10.0 Å². The second kappa shape index (κ2) is 5.57. The van der Waals surface area contributed by atoms with Crippen LogP contribution >= 0.6 is 0 Å². The van der Waals surface area contributed by atoms with Crippen molar-refractivity contribution >= 4 is 21.6 Å². The normalized spacial score (nSPS) is 13.9. The maximum Gasteiger partial charge on any atom is 0.282 e. The molecule has 0 unspecified atom stereocenters. The van der Waals surface area contributed by atoms with E-state index < -0.39 is 15.9 Å². The van der Waals surface area contributed by atoms with Gasteiger partial charge in [0.05, 0.1) is 23.0 Å². The van der Waals surface area contributed by atoms with Gasteiger partial charge < -0.3 is 5.32 Å². The van der Waals surface area contributed by atoms with E-state index in [1.165, 1.54) is 24.7 Å². The number of carbonyl (C=O) groups is 1. The molecule has 0 radical (unpaired) electrons. The van der Waals surface area contributed by atoms with Gasteiger partial charge >= 0.3 is 0 Å². The Morgan fingerprint density at radius 2 is 2.18 bits per heavy atom. The highest BCUT2D eigenvalue weighted by atomic mass is 32.2. The molecule has 8 heteroatoms.